The van der Waals surface area contributed by atoms with Gasteiger partial charge in [-0.3, -0.25) is 14.5 Å². The molecule has 0 unspecified atom stereocenters. The minimum absolute atomic E-state index is 0.0594. The fourth-order valence-electron chi connectivity index (χ4n) is 3.18. The van der Waals surface area contributed by atoms with Crippen LogP contribution in [0.2, 0.25) is 0 Å². The van der Waals surface area contributed by atoms with E-state index in [0.29, 0.717) is 22.7 Å². The van der Waals surface area contributed by atoms with E-state index in [1.54, 1.807) is 18.2 Å². The topological polar surface area (TPSA) is 76.1 Å². The van der Waals surface area contributed by atoms with Crippen LogP contribution < -0.4 is 14.4 Å². The van der Waals surface area contributed by atoms with Gasteiger partial charge in [0.15, 0.2) is 11.5 Å². The molecule has 0 spiro atoms. The van der Waals surface area contributed by atoms with E-state index in [2.05, 4.69) is 0 Å². The molecule has 6 nitrogen and oxygen atoms in total. The largest absolute Gasteiger partial charge is 0.503 e. The van der Waals surface area contributed by atoms with E-state index in [9.17, 15) is 19.1 Å². The molecule has 0 saturated heterocycles. The molecule has 0 fully saturated rings. The number of anilines is 1. The van der Waals surface area contributed by atoms with Crippen LogP contribution in [-0.4, -0.2) is 31.0 Å². The highest BCUT2D eigenvalue weighted by Crippen LogP contribution is 2.44. The Labute approximate surface area is 155 Å². The Kier molecular flexibility index (Phi) is 4.85. The predicted molar refractivity (Wildman–Crippen MR) is 96.5 cm³/mol. The zero-order valence-corrected chi connectivity index (χ0v) is 15.0. The summed E-state index contributed by atoms with van der Waals surface area (Å²) in [7, 11) is 2.95. The number of halogens is 1. The minimum atomic E-state index is -0.939. The number of benzene rings is 2. The normalized spacial score (nSPS) is 16.7. The number of carbonyl (C=O) groups excluding carboxylic acids is 2. The van der Waals surface area contributed by atoms with Crippen LogP contribution in [0, 0.1) is 5.82 Å². The Bertz CT molecular complexity index is 936. The summed E-state index contributed by atoms with van der Waals surface area (Å²) < 4.78 is 24.0. The van der Waals surface area contributed by atoms with Gasteiger partial charge in [0.05, 0.1) is 25.8 Å². The van der Waals surface area contributed by atoms with Crippen LogP contribution in [-0.2, 0) is 9.59 Å². The fraction of sp³-hybridized carbons (Fsp3) is 0.200. The molecule has 1 aliphatic heterocycles. The first kappa shape index (κ1) is 18.4. The summed E-state index contributed by atoms with van der Waals surface area (Å²) in [4.78, 5) is 26.2. The standard InChI is InChI=1S/C20H18FNO5/c1-11(23)17-18(15-10-14(26-2)8-9-16(15)27-3)22(20(25)19(17)24)13-6-4-12(21)5-7-13/h4-10,18,24H,1-3H3/t18-/m0/s1. The maximum atomic E-state index is 13.3. The summed E-state index contributed by atoms with van der Waals surface area (Å²) in [6.45, 7) is 1.27. The van der Waals surface area contributed by atoms with Crippen molar-refractivity contribution in [2.45, 2.75) is 13.0 Å². The molecule has 1 aliphatic rings. The number of nitrogens with zero attached hydrogens (tertiary/aromatic N) is 1. The van der Waals surface area contributed by atoms with Gasteiger partial charge in [-0.1, -0.05) is 0 Å². The molecule has 2 aromatic carbocycles. The zero-order valence-electron chi connectivity index (χ0n) is 15.0. The van der Waals surface area contributed by atoms with Gasteiger partial charge in [-0.25, -0.2) is 4.39 Å². The molecule has 0 saturated carbocycles. The van der Waals surface area contributed by atoms with E-state index in [1.165, 1.54) is 50.3 Å². The van der Waals surface area contributed by atoms with Crippen molar-refractivity contribution in [2.75, 3.05) is 19.1 Å². The van der Waals surface area contributed by atoms with Crippen LogP contribution >= 0.6 is 0 Å². The Morgan fingerprint density at radius 2 is 1.78 bits per heavy atom. The van der Waals surface area contributed by atoms with E-state index >= 15 is 0 Å². The molecule has 0 aromatic heterocycles. The molecule has 0 radical (unpaired) electrons. The maximum absolute atomic E-state index is 13.3. The lowest BCUT2D eigenvalue weighted by molar-refractivity contribution is -0.117. The summed E-state index contributed by atoms with van der Waals surface area (Å²) in [5.74, 6) is -1.41. The van der Waals surface area contributed by atoms with Gasteiger partial charge in [0.2, 0.25) is 0 Å². The van der Waals surface area contributed by atoms with E-state index in [4.69, 9.17) is 9.47 Å². The monoisotopic (exact) mass is 371 g/mol. The Balaban J connectivity index is 2.25. The van der Waals surface area contributed by atoms with Crippen LogP contribution in [0.1, 0.15) is 18.5 Å². The number of hydrogen-bond donors (Lipinski definition) is 1. The zero-order chi connectivity index (χ0) is 19.7. The highest BCUT2D eigenvalue weighted by Gasteiger charge is 2.44. The Hall–Kier alpha value is -3.35. The molecular formula is C20H18FNO5. The molecule has 0 bridgehead atoms. The van der Waals surface area contributed by atoms with E-state index in [0.717, 1.165) is 0 Å². The third kappa shape index (κ3) is 3.12. The van der Waals surface area contributed by atoms with Crippen molar-refractivity contribution in [3.63, 3.8) is 0 Å². The average molecular weight is 371 g/mol. The molecule has 1 N–H and O–H groups in total. The second-order valence-corrected chi connectivity index (χ2v) is 5.98. The number of aliphatic hydroxyl groups excluding tert-OH is 1. The van der Waals surface area contributed by atoms with Gasteiger partial charge in [0.1, 0.15) is 17.3 Å². The van der Waals surface area contributed by atoms with Crippen molar-refractivity contribution < 1.29 is 28.6 Å². The minimum Gasteiger partial charge on any atom is -0.503 e. The molecule has 3 rings (SSSR count). The number of methoxy groups -OCH3 is 2. The SMILES string of the molecule is COc1ccc(OC)c([C@H]2C(C(C)=O)=C(O)C(=O)N2c2ccc(F)cc2)c1. The molecule has 27 heavy (non-hydrogen) atoms. The molecule has 1 amide bonds. The quantitative estimate of drug-likeness (QED) is 0.872. The van der Waals surface area contributed by atoms with Crippen molar-refractivity contribution in [3.05, 3.63) is 65.2 Å². The average Bonchev–Trinajstić information content (AvgIpc) is 2.93. The number of Topliss-reactive ketones (excluding diaryl/α,β-unsaturated/α-hetero) is 1. The molecule has 2 aromatic rings. The van der Waals surface area contributed by atoms with Gasteiger partial charge in [0.25, 0.3) is 5.91 Å². The van der Waals surface area contributed by atoms with Crippen molar-refractivity contribution in [2.24, 2.45) is 0 Å². The van der Waals surface area contributed by atoms with Crippen molar-refractivity contribution in [1.82, 2.24) is 0 Å². The van der Waals surface area contributed by atoms with E-state index in [1.807, 2.05) is 0 Å². The summed E-state index contributed by atoms with van der Waals surface area (Å²) >= 11 is 0. The van der Waals surface area contributed by atoms with Gasteiger partial charge >= 0.3 is 0 Å². The molecular weight excluding hydrogens is 353 g/mol. The molecule has 0 aliphatic carbocycles. The molecule has 1 atom stereocenters. The lowest BCUT2D eigenvalue weighted by Gasteiger charge is -2.28. The number of ether oxygens (including phenoxy) is 2. The van der Waals surface area contributed by atoms with Crippen molar-refractivity contribution in [3.8, 4) is 11.5 Å². The Morgan fingerprint density at radius 1 is 1.11 bits per heavy atom. The first-order valence-corrected chi connectivity index (χ1v) is 8.14. The smallest absolute Gasteiger partial charge is 0.294 e. The van der Waals surface area contributed by atoms with Gasteiger partial charge < -0.3 is 14.6 Å². The third-order valence-electron chi connectivity index (χ3n) is 4.42. The van der Waals surface area contributed by atoms with Gasteiger partial charge in [-0.2, -0.15) is 0 Å². The van der Waals surface area contributed by atoms with Gasteiger partial charge in [-0.15, -0.1) is 0 Å². The number of hydrogen-bond acceptors (Lipinski definition) is 5. The number of amides is 1. The number of rotatable bonds is 5. The highest BCUT2D eigenvalue weighted by atomic mass is 19.1. The highest BCUT2D eigenvalue weighted by molar-refractivity contribution is 6.16. The summed E-state index contributed by atoms with van der Waals surface area (Å²) in [6, 6.07) is 9.23. The lowest BCUT2D eigenvalue weighted by Crippen LogP contribution is -2.31. The molecule has 1 heterocycles. The summed E-state index contributed by atoms with van der Waals surface area (Å²) in [6.07, 6.45) is 0. The molecule has 7 heteroatoms. The Morgan fingerprint density at radius 3 is 2.33 bits per heavy atom. The first-order chi connectivity index (χ1) is 12.9. The van der Waals surface area contributed by atoms with Crippen LogP contribution in [0.15, 0.2) is 53.8 Å². The summed E-state index contributed by atoms with van der Waals surface area (Å²) in [5, 5.41) is 10.4. The second kappa shape index (κ2) is 7.11. The van der Waals surface area contributed by atoms with E-state index < -0.39 is 29.3 Å². The first-order valence-electron chi connectivity index (χ1n) is 8.14. The summed E-state index contributed by atoms with van der Waals surface area (Å²) in [5.41, 5.74) is 0.735. The third-order valence-corrected chi connectivity index (χ3v) is 4.42. The van der Waals surface area contributed by atoms with Crippen LogP contribution in [0.3, 0.4) is 0 Å². The lowest BCUT2D eigenvalue weighted by atomic mass is 9.95. The number of carbonyl (C=O) groups is 2. The van der Waals surface area contributed by atoms with Crippen molar-refractivity contribution >= 4 is 17.4 Å². The fourth-order valence-corrected chi connectivity index (χ4v) is 3.18. The van der Waals surface area contributed by atoms with Crippen LogP contribution in [0.4, 0.5) is 10.1 Å². The van der Waals surface area contributed by atoms with Crippen LogP contribution in [0.5, 0.6) is 11.5 Å². The second-order valence-electron chi connectivity index (χ2n) is 5.98. The van der Waals surface area contributed by atoms with Crippen LogP contribution in [0.25, 0.3) is 0 Å². The van der Waals surface area contributed by atoms with Crippen molar-refractivity contribution in [1.29, 1.82) is 0 Å². The predicted octanol–water partition coefficient (Wildman–Crippen LogP) is 3.33. The number of aliphatic hydroxyl groups is 1. The maximum Gasteiger partial charge on any atom is 0.294 e. The number of ketones is 1. The van der Waals surface area contributed by atoms with Gasteiger partial charge in [0, 0.05) is 11.3 Å². The molecule has 140 valence electrons. The van der Waals surface area contributed by atoms with Gasteiger partial charge in [-0.05, 0) is 49.4 Å². The van der Waals surface area contributed by atoms with E-state index in [-0.39, 0.29) is 5.57 Å².